The van der Waals surface area contributed by atoms with E-state index in [1.807, 2.05) is 25.1 Å². The first-order valence-corrected chi connectivity index (χ1v) is 6.73. The van der Waals surface area contributed by atoms with Gasteiger partial charge in [-0.1, -0.05) is 12.1 Å². The molecule has 1 saturated heterocycles. The zero-order valence-corrected chi connectivity index (χ0v) is 11.1. The number of aliphatic carboxylic acids is 1. The molecule has 1 fully saturated rings. The third-order valence-corrected chi connectivity index (χ3v) is 4.03. The molecule has 106 valence electrons. The van der Waals surface area contributed by atoms with E-state index in [1.54, 1.807) is 0 Å². The molecule has 1 amide bonds. The lowest BCUT2D eigenvalue weighted by molar-refractivity contribution is -0.142. The average molecular weight is 275 g/mol. The number of carboxylic acids is 1. The van der Waals surface area contributed by atoms with Crippen molar-refractivity contribution in [3.63, 3.8) is 0 Å². The van der Waals surface area contributed by atoms with Crippen LogP contribution in [0, 0.1) is 5.92 Å². The highest BCUT2D eigenvalue weighted by molar-refractivity contribution is 5.93. The third-order valence-electron chi connectivity index (χ3n) is 4.03. The number of fused-ring (bicyclic) bond motifs is 1. The summed E-state index contributed by atoms with van der Waals surface area (Å²) in [5.41, 5.74) is 8.86. The Balaban J connectivity index is 1.91. The van der Waals surface area contributed by atoms with Gasteiger partial charge in [0.1, 0.15) is 0 Å². The topological polar surface area (TPSA) is 90.5 Å². The second-order valence-electron chi connectivity index (χ2n) is 5.38. The van der Waals surface area contributed by atoms with Crippen LogP contribution in [0.15, 0.2) is 18.2 Å². The van der Waals surface area contributed by atoms with E-state index in [-0.39, 0.29) is 18.0 Å². The Bertz CT molecular complexity index is 573. The molecule has 1 aromatic rings. The molecule has 0 radical (unpaired) electrons. The number of rotatable bonds is 2. The molecule has 0 saturated carbocycles. The van der Waals surface area contributed by atoms with Crippen molar-refractivity contribution >= 4 is 17.6 Å². The van der Waals surface area contributed by atoms with E-state index in [2.05, 4.69) is 16.2 Å². The second-order valence-corrected chi connectivity index (χ2v) is 5.38. The molecule has 3 rings (SSSR count). The fraction of sp³-hybridized carbons (Fsp3) is 0.429. The van der Waals surface area contributed by atoms with Gasteiger partial charge in [-0.05, 0) is 30.5 Å². The van der Waals surface area contributed by atoms with Crippen LogP contribution in [0.4, 0.5) is 5.69 Å². The normalized spacial score (nSPS) is 28.9. The maximum atomic E-state index is 11.4. The maximum absolute atomic E-state index is 11.4. The zero-order chi connectivity index (χ0) is 14.3. The average Bonchev–Trinajstić information content (AvgIpc) is 2.80. The molecule has 3 atom stereocenters. The molecule has 3 unspecified atom stereocenters. The number of nitrogens with one attached hydrogen (secondary N) is 3. The minimum absolute atomic E-state index is 0.0305. The number of benzene rings is 1. The van der Waals surface area contributed by atoms with Gasteiger partial charge in [-0.2, -0.15) is 0 Å². The maximum Gasteiger partial charge on any atom is 0.310 e. The van der Waals surface area contributed by atoms with Gasteiger partial charge in [-0.15, -0.1) is 0 Å². The molecule has 20 heavy (non-hydrogen) atoms. The Hall–Kier alpha value is -1.92. The van der Waals surface area contributed by atoms with Crippen LogP contribution < -0.4 is 16.2 Å². The summed E-state index contributed by atoms with van der Waals surface area (Å²) in [5, 5.41) is 12.2. The van der Waals surface area contributed by atoms with Gasteiger partial charge in [0.2, 0.25) is 5.91 Å². The second kappa shape index (κ2) is 4.88. The zero-order valence-electron chi connectivity index (χ0n) is 11.1. The molecule has 6 heteroatoms. The number of carboxylic acid groups (broad SMARTS) is 1. The lowest BCUT2D eigenvalue weighted by Crippen LogP contribution is -2.30. The van der Waals surface area contributed by atoms with E-state index >= 15 is 0 Å². The van der Waals surface area contributed by atoms with E-state index in [0.29, 0.717) is 12.8 Å². The number of hydrogen-bond acceptors (Lipinski definition) is 4. The molecule has 2 aliphatic rings. The standard InChI is InChI=1S/C14H17N3O3/c1-7-12(14(19)20)13(17-16-7)9-2-4-10-8(6-9)3-5-11(18)15-10/h2,4,6-7,12-13,16-17H,3,5H2,1H3,(H,15,18)(H,19,20). The van der Waals surface area contributed by atoms with Gasteiger partial charge in [0.15, 0.2) is 0 Å². The van der Waals surface area contributed by atoms with Crippen molar-refractivity contribution in [1.82, 2.24) is 10.9 Å². The summed E-state index contributed by atoms with van der Waals surface area (Å²) in [4.78, 5) is 22.7. The van der Waals surface area contributed by atoms with Gasteiger partial charge in [0.25, 0.3) is 0 Å². The van der Waals surface area contributed by atoms with Crippen molar-refractivity contribution in [3.8, 4) is 0 Å². The number of amides is 1. The molecular weight excluding hydrogens is 258 g/mol. The summed E-state index contributed by atoms with van der Waals surface area (Å²) in [5.74, 6) is -1.29. The molecule has 2 aliphatic heterocycles. The molecule has 6 nitrogen and oxygen atoms in total. The van der Waals surface area contributed by atoms with E-state index in [9.17, 15) is 14.7 Å². The van der Waals surface area contributed by atoms with Crippen LogP contribution in [0.2, 0.25) is 0 Å². The van der Waals surface area contributed by atoms with Crippen LogP contribution in [0.3, 0.4) is 0 Å². The van der Waals surface area contributed by atoms with Crippen LogP contribution in [0.5, 0.6) is 0 Å². The SMILES string of the molecule is CC1NNC(c2ccc3c(c2)CCC(=O)N3)C1C(=O)O. The Morgan fingerprint density at radius 2 is 2.10 bits per heavy atom. The lowest BCUT2D eigenvalue weighted by Gasteiger charge is -2.21. The van der Waals surface area contributed by atoms with Crippen molar-refractivity contribution in [2.45, 2.75) is 31.8 Å². The molecule has 0 aromatic heterocycles. The quantitative estimate of drug-likeness (QED) is 0.641. The molecule has 0 aliphatic carbocycles. The molecule has 0 bridgehead atoms. The Morgan fingerprint density at radius 1 is 1.30 bits per heavy atom. The first kappa shape index (κ1) is 13.1. The lowest BCUT2D eigenvalue weighted by atomic mass is 9.88. The summed E-state index contributed by atoms with van der Waals surface area (Å²) in [6.45, 7) is 1.85. The molecular formula is C14H17N3O3. The highest BCUT2D eigenvalue weighted by atomic mass is 16.4. The first-order chi connectivity index (χ1) is 9.56. The number of carbonyl (C=O) groups excluding carboxylic acids is 1. The van der Waals surface area contributed by atoms with Gasteiger partial charge >= 0.3 is 5.97 Å². The Labute approximate surface area is 116 Å². The minimum atomic E-state index is -0.814. The fourth-order valence-corrected chi connectivity index (χ4v) is 2.93. The predicted octanol–water partition coefficient (Wildman–Crippen LogP) is 0.809. The summed E-state index contributed by atoms with van der Waals surface area (Å²) in [6.07, 6.45) is 1.17. The fourth-order valence-electron chi connectivity index (χ4n) is 2.93. The van der Waals surface area contributed by atoms with Crippen LogP contribution in [0.25, 0.3) is 0 Å². The van der Waals surface area contributed by atoms with Gasteiger partial charge in [-0.3, -0.25) is 15.0 Å². The summed E-state index contributed by atoms with van der Waals surface area (Å²) < 4.78 is 0. The van der Waals surface area contributed by atoms with Gasteiger partial charge in [-0.25, -0.2) is 5.43 Å². The highest BCUT2D eigenvalue weighted by Gasteiger charge is 2.39. The largest absolute Gasteiger partial charge is 0.481 e. The Kier molecular flexibility index (Phi) is 3.19. The van der Waals surface area contributed by atoms with Gasteiger partial charge in [0, 0.05) is 18.2 Å². The highest BCUT2D eigenvalue weighted by Crippen LogP contribution is 2.32. The summed E-state index contributed by atoms with van der Waals surface area (Å²) in [7, 11) is 0. The van der Waals surface area contributed by atoms with Crippen molar-refractivity contribution in [1.29, 1.82) is 0 Å². The van der Waals surface area contributed by atoms with Crippen LogP contribution in [-0.4, -0.2) is 23.0 Å². The van der Waals surface area contributed by atoms with Crippen molar-refractivity contribution in [3.05, 3.63) is 29.3 Å². The first-order valence-electron chi connectivity index (χ1n) is 6.73. The van der Waals surface area contributed by atoms with E-state index < -0.39 is 11.9 Å². The number of carbonyl (C=O) groups is 2. The monoisotopic (exact) mass is 275 g/mol. The van der Waals surface area contributed by atoms with Crippen LogP contribution >= 0.6 is 0 Å². The van der Waals surface area contributed by atoms with E-state index in [4.69, 9.17) is 0 Å². The van der Waals surface area contributed by atoms with Crippen LogP contribution in [-0.2, 0) is 16.0 Å². The Morgan fingerprint density at radius 3 is 2.85 bits per heavy atom. The number of anilines is 1. The van der Waals surface area contributed by atoms with Crippen molar-refractivity contribution < 1.29 is 14.7 Å². The van der Waals surface area contributed by atoms with Crippen molar-refractivity contribution in [2.24, 2.45) is 5.92 Å². The molecule has 1 aromatic carbocycles. The molecule has 2 heterocycles. The van der Waals surface area contributed by atoms with Crippen molar-refractivity contribution in [2.75, 3.05) is 5.32 Å². The van der Waals surface area contributed by atoms with E-state index in [1.165, 1.54) is 0 Å². The number of aryl methyl sites for hydroxylation is 1. The van der Waals surface area contributed by atoms with Gasteiger partial charge in [0.05, 0.1) is 12.0 Å². The molecule has 0 spiro atoms. The van der Waals surface area contributed by atoms with Gasteiger partial charge < -0.3 is 10.4 Å². The summed E-state index contributed by atoms with van der Waals surface area (Å²) in [6, 6.07) is 5.32. The van der Waals surface area contributed by atoms with E-state index in [0.717, 1.165) is 16.8 Å². The minimum Gasteiger partial charge on any atom is -0.481 e. The number of hydrazine groups is 1. The van der Waals surface area contributed by atoms with Crippen LogP contribution in [0.1, 0.15) is 30.5 Å². The molecule has 4 N–H and O–H groups in total. The number of hydrogen-bond donors (Lipinski definition) is 4. The smallest absolute Gasteiger partial charge is 0.310 e. The summed E-state index contributed by atoms with van der Waals surface area (Å²) >= 11 is 0. The predicted molar refractivity (Wildman–Crippen MR) is 73.0 cm³/mol. The third kappa shape index (κ3) is 2.17.